The van der Waals surface area contributed by atoms with Crippen molar-refractivity contribution in [2.75, 3.05) is 10.0 Å². The van der Waals surface area contributed by atoms with Gasteiger partial charge in [0.1, 0.15) is 5.76 Å². The second-order valence-corrected chi connectivity index (χ2v) is 8.17. The first-order chi connectivity index (χ1) is 12.7. The molecule has 0 radical (unpaired) electrons. The highest BCUT2D eigenvalue weighted by Gasteiger charge is 2.19. The van der Waals surface area contributed by atoms with Crippen molar-refractivity contribution in [1.29, 1.82) is 0 Å². The molecule has 0 spiro atoms. The maximum Gasteiger partial charge on any atom is 0.262 e. The zero-order chi connectivity index (χ0) is 19.8. The Hall–Kier alpha value is -2.81. The summed E-state index contributed by atoms with van der Waals surface area (Å²) in [4.78, 5) is 0.197. The highest BCUT2D eigenvalue weighted by Crippen LogP contribution is 2.23. The van der Waals surface area contributed by atoms with E-state index in [9.17, 15) is 8.42 Å². The van der Waals surface area contributed by atoms with E-state index in [-0.39, 0.29) is 4.90 Å². The topological polar surface area (TPSA) is 102 Å². The SMILES string of the molecule is Cc1nn(C)c(C)c1NS(=O)(=O)c1ccc(CNc2noc(C)c2C)cc1. The van der Waals surface area contributed by atoms with Crippen LogP contribution < -0.4 is 10.0 Å². The van der Waals surface area contributed by atoms with Crippen molar-refractivity contribution < 1.29 is 12.9 Å². The van der Waals surface area contributed by atoms with Crippen LogP contribution >= 0.6 is 0 Å². The summed E-state index contributed by atoms with van der Waals surface area (Å²) in [5.74, 6) is 1.46. The van der Waals surface area contributed by atoms with Crippen LogP contribution in [0.15, 0.2) is 33.7 Å². The quantitative estimate of drug-likeness (QED) is 0.672. The normalized spacial score (nSPS) is 11.6. The number of nitrogens with one attached hydrogen (secondary N) is 2. The van der Waals surface area contributed by atoms with Gasteiger partial charge in [0.15, 0.2) is 5.82 Å². The summed E-state index contributed by atoms with van der Waals surface area (Å²) in [6.07, 6.45) is 0. The number of anilines is 2. The van der Waals surface area contributed by atoms with E-state index in [1.165, 1.54) is 0 Å². The van der Waals surface area contributed by atoms with Gasteiger partial charge < -0.3 is 9.84 Å². The third kappa shape index (κ3) is 3.82. The molecule has 0 saturated carbocycles. The Labute approximate surface area is 158 Å². The van der Waals surface area contributed by atoms with Crippen LogP contribution in [-0.4, -0.2) is 23.4 Å². The highest BCUT2D eigenvalue weighted by atomic mass is 32.2. The van der Waals surface area contributed by atoms with Gasteiger partial charge in [-0.3, -0.25) is 9.40 Å². The molecule has 0 aliphatic rings. The lowest BCUT2D eigenvalue weighted by Gasteiger charge is -2.10. The fourth-order valence-electron chi connectivity index (χ4n) is 2.67. The van der Waals surface area contributed by atoms with Crippen LogP contribution in [0.5, 0.6) is 0 Å². The number of hydrogen-bond acceptors (Lipinski definition) is 6. The van der Waals surface area contributed by atoms with Gasteiger partial charge in [-0.05, 0) is 45.4 Å². The number of aromatic nitrogens is 3. The molecule has 2 N–H and O–H groups in total. The number of hydrogen-bond donors (Lipinski definition) is 2. The molecule has 27 heavy (non-hydrogen) atoms. The molecule has 9 heteroatoms. The molecule has 2 heterocycles. The monoisotopic (exact) mass is 389 g/mol. The first-order valence-electron chi connectivity index (χ1n) is 8.47. The van der Waals surface area contributed by atoms with E-state index in [2.05, 4.69) is 20.3 Å². The van der Waals surface area contributed by atoms with Gasteiger partial charge in [-0.25, -0.2) is 8.42 Å². The molecule has 0 saturated heterocycles. The number of aryl methyl sites for hydroxylation is 3. The van der Waals surface area contributed by atoms with Gasteiger partial charge in [0.25, 0.3) is 10.0 Å². The van der Waals surface area contributed by atoms with Crippen LogP contribution in [0.2, 0.25) is 0 Å². The molecule has 0 amide bonds. The lowest BCUT2D eigenvalue weighted by Crippen LogP contribution is -2.14. The smallest absolute Gasteiger partial charge is 0.262 e. The molecular weight excluding hydrogens is 366 g/mol. The Morgan fingerprint density at radius 2 is 1.78 bits per heavy atom. The summed E-state index contributed by atoms with van der Waals surface area (Å²) in [6, 6.07) is 6.71. The maximum atomic E-state index is 12.7. The van der Waals surface area contributed by atoms with Crippen molar-refractivity contribution in [1.82, 2.24) is 14.9 Å². The Morgan fingerprint density at radius 1 is 1.11 bits per heavy atom. The Bertz CT molecular complexity index is 1070. The molecule has 3 rings (SSSR count). The highest BCUT2D eigenvalue weighted by molar-refractivity contribution is 7.92. The third-order valence-electron chi connectivity index (χ3n) is 4.60. The van der Waals surface area contributed by atoms with Crippen LogP contribution in [0.3, 0.4) is 0 Å². The summed E-state index contributed by atoms with van der Waals surface area (Å²) >= 11 is 0. The molecule has 0 bridgehead atoms. The van der Waals surface area contributed by atoms with E-state index in [4.69, 9.17) is 4.52 Å². The van der Waals surface area contributed by atoms with E-state index >= 15 is 0 Å². The summed E-state index contributed by atoms with van der Waals surface area (Å²) in [5.41, 5.74) is 3.80. The second kappa shape index (κ2) is 7.07. The molecule has 0 unspecified atom stereocenters. The molecule has 8 nitrogen and oxygen atoms in total. The lowest BCUT2D eigenvalue weighted by atomic mass is 10.2. The van der Waals surface area contributed by atoms with E-state index in [0.29, 0.717) is 23.7 Å². The van der Waals surface area contributed by atoms with E-state index in [1.54, 1.807) is 42.9 Å². The predicted octanol–water partition coefficient (Wildman–Crippen LogP) is 3.05. The van der Waals surface area contributed by atoms with Crippen molar-refractivity contribution in [2.24, 2.45) is 7.05 Å². The summed E-state index contributed by atoms with van der Waals surface area (Å²) in [5, 5.41) is 11.4. The summed E-state index contributed by atoms with van der Waals surface area (Å²) < 4.78 is 34.7. The van der Waals surface area contributed by atoms with Crippen LogP contribution in [0.25, 0.3) is 0 Å². The van der Waals surface area contributed by atoms with E-state index < -0.39 is 10.0 Å². The molecule has 0 fully saturated rings. The minimum Gasteiger partial charge on any atom is -0.363 e. The molecule has 2 aromatic heterocycles. The van der Waals surface area contributed by atoms with Crippen molar-refractivity contribution in [3.8, 4) is 0 Å². The number of rotatable bonds is 6. The van der Waals surface area contributed by atoms with Crippen molar-refractivity contribution in [2.45, 2.75) is 39.1 Å². The zero-order valence-electron chi connectivity index (χ0n) is 16.0. The Morgan fingerprint density at radius 3 is 2.30 bits per heavy atom. The minimum absolute atomic E-state index is 0.197. The van der Waals surface area contributed by atoms with Gasteiger partial charge in [-0.1, -0.05) is 17.3 Å². The molecular formula is C18H23N5O3S. The van der Waals surface area contributed by atoms with Crippen LogP contribution in [0.1, 0.15) is 28.3 Å². The first kappa shape index (κ1) is 19.0. The van der Waals surface area contributed by atoms with Crippen molar-refractivity contribution >= 4 is 21.5 Å². The van der Waals surface area contributed by atoms with Gasteiger partial charge in [0.05, 0.1) is 22.0 Å². The average Bonchev–Trinajstić information content (AvgIpc) is 3.07. The van der Waals surface area contributed by atoms with Gasteiger partial charge in [-0.15, -0.1) is 0 Å². The van der Waals surface area contributed by atoms with Gasteiger partial charge in [0.2, 0.25) is 0 Å². The van der Waals surface area contributed by atoms with Crippen molar-refractivity contribution in [3.05, 3.63) is 52.5 Å². The summed E-state index contributed by atoms with van der Waals surface area (Å²) in [7, 11) is -1.91. The zero-order valence-corrected chi connectivity index (χ0v) is 16.8. The Balaban J connectivity index is 1.73. The minimum atomic E-state index is -3.68. The van der Waals surface area contributed by atoms with Gasteiger partial charge >= 0.3 is 0 Å². The third-order valence-corrected chi connectivity index (χ3v) is 5.96. The molecule has 0 aliphatic heterocycles. The van der Waals surface area contributed by atoms with Gasteiger partial charge in [-0.2, -0.15) is 5.10 Å². The molecule has 0 aliphatic carbocycles. The first-order valence-corrected chi connectivity index (χ1v) is 9.96. The van der Waals surface area contributed by atoms with E-state index in [1.807, 2.05) is 20.8 Å². The van der Waals surface area contributed by atoms with Crippen molar-refractivity contribution in [3.63, 3.8) is 0 Å². The molecule has 144 valence electrons. The standard InChI is InChI=1S/C18H23N5O3S/c1-11-14(4)26-21-18(11)19-10-15-6-8-16(9-7-15)27(24,25)22-17-12(2)20-23(5)13(17)3/h6-9,22H,10H2,1-5H3,(H,19,21). The maximum absolute atomic E-state index is 12.7. The van der Waals surface area contributed by atoms with Crippen LogP contribution in [0, 0.1) is 27.7 Å². The fraction of sp³-hybridized carbons (Fsp3) is 0.333. The number of sulfonamides is 1. The second-order valence-electron chi connectivity index (χ2n) is 6.48. The number of benzene rings is 1. The van der Waals surface area contributed by atoms with Crippen LogP contribution in [0.4, 0.5) is 11.5 Å². The molecule has 0 atom stereocenters. The molecule has 1 aromatic carbocycles. The fourth-order valence-corrected chi connectivity index (χ4v) is 3.85. The predicted molar refractivity (Wildman–Crippen MR) is 103 cm³/mol. The largest absolute Gasteiger partial charge is 0.363 e. The van der Waals surface area contributed by atoms with Gasteiger partial charge in [0, 0.05) is 19.2 Å². The molecule has 3 aromatic rings. The van der Waals surface area contributed by atoms with E-state index in [0.717, 1.165) is 22.6 Å². The average molecular weight is 389 g/mol. The summed E-state index contributed by atoms with van der Waals surface area (Å²) in [6.45, 7) is 7.89. The lowest BCUT2D eigenvalue weighted by molar-refractivity contribution is 0.398. The van der Waals surface area contributed by atoms with Crippen LogP contribution in [-0.2, 0) is 23.6 Å². The Kier molecular flexibility index (Phi) is 4.97. The number of nitrogens with zero attached hydrogens (tertiary/aromatic N) is 3.